The summed E-state index contributed by atoms with van der Waals surface area (Å²) >= 11 is 0. The Morgan fingerprint density at radius 1 is 1.17 bits per heavy atom. The molecule has 2 aliphatic heterocycles. The molecule has 0 saturated carbocycles. The zero-order valence-electron chi connectivity index (χ0n) is 17.8. The lowest BCUT2D eigenvalue weighted by Gasteiger charge is -2.34. The van der Waals surface area contributed by atoms with Gasteiger partial charge in [-0.25, -0.2) is 0 Å². The van der Waals surface area contributed by atoms with Gasteiger partial charge in [0.05, 0.1) is 34.8 Å². The number of hydrogen-bond donors (Lipinski definition) is 1. The Labute approximate surface area is 177 Å². The van der Waals surface area contributed by atoms with E-state index in [1.54, 1.807) is 0 Å². The van der Waals surface area contributed by atoms with Crippen LogP contribution in [0, 0.1) is 28.6 Å². The minimum absolute atomic E-state index is 0.300. The van der Waals surface area contributed by atoms with E-state index in [2.05, 4.69) is 50.1 Å². The van der Waals surface area contributed by atoms with E-state index in [1.165, 1.54) is 6.42 Å². The quantitative estimate of drug-likeness (QED) is 0.845. The molecule has 4 rings (SSSR count). The van der Waals surface area contributed by atoms with E-state index in [0.29, 0.717) is 11.3 Å². The predicted molar refractivity (Wildman–Crippen MR) is 118 cm³/mol. The number of hydrogen-bond acceptors (Lipinski definition) is 6. The summed E-state index contributed by atoms with van der Waals surface area (Å²) in [7, 11) is 0. The Hall–Kier alpha value is -3.16. The second kappa shape index (κ2) is 8.30. The molecule has 1 aromatic carbocycles. The van der Waals surface area contributed by atoms with Gasteiger partial charge in [0.2, 0.25) is 0 Å². The average Bonchev–Trinajstić information content (AvgIpc) is 3.17. The van der Waals surface area contributed by atoms with Crippen molar-refractivity contribution in [2.75, 3.05) is 37.6 Å². The lowest BCUT2D eigenvalue weighted by Crippen LogP contribution is -2.46. The molecule has 2 aliphatic rings. The van der Waals surface area contributed by atoms with Gasteiger partial charge in [-0.2, -0.15) is 15.6 Å². The molecule has 0 spiro atoms. The van der Waals surface area contributed by atoms with Crippen LogP contribution in [0.2, 0.25) is 0 Å². The minimum atomic E-state index is -0.436. The minimum Gasteiger partial charge on any atom is -0.352 e. The number of anilines is 1. The maximum atomic E-state index is 9.80. The van der Waals surface area contributed by atoms with E-state index in [4.69, 9.17) is 0 Å². The molecule has 1 saturated heterocycles. The molecule has 0 bridgehead atoms. The summed E-state index contributed by atoms with van der Waals surface area (Å²) in [6, 6.07) is 10.8. The number of benzene rings is 1. The third-order valence-electron chi connectivity index (χ3n) is 6.23. The third-order valence-corrected chi connectivity index (χ3v) is 6.23. The number of aliphatic imine (C=N–C) groups is 1. The van der Waals surface area contributed by atoms with Crippen LogP contribution < -0.4 is 4.90 Å². The topological polar surface area (TPSA) is 95.1 Å². The summed E-state index contributed by atoms with van der Waals surface area (Å²) in [5.74, 6) is 0.219. The van der Waals surface area contributed by atoms with Crippen molar-refractivity contribution in [1.82, 2.24) is 15.1 Å². The Morgan fingerprint density at radius 3 is 2.60 bits per heavy atom. The monoisotopic (exact) mass is 401 g/mol. The SMILES string of the molecule is CCCN1CCN(c2n[nH]c3ccc(C4C(C#N)=C(C)N=C(C)C4C#N)cc23)CC1. The van der Waals surface area contributed by atoms with Gasteiger partial charge in [0.1, 0.15) is 0 Å². The van der Waals surface area contributed by atoms with Crippen molar-refractivity contribution in [3.63, 3.8) is 0 Å². The fourth-order valence-corrected chi connectivity index (χ4v) is 4.66. The van der Waals surface area contributed by atoms with Crippen LogP contribution in [0.1, 0.15) is 38.7 Å². The molecule has 0 aliphatic carbocycles. The summed E-state index contributed by atoms with van der Waals surface area (Å²) < 4.78 is 0. The fraction of sp³-hybridized carbons (Fsp3) is 0.478. The van der Waals surface area contributed by atoms with Gasteiger partial charge in [0.15, 0.2) is 5.82 Å². The van der Waals surface area contributed by atoms with Crippen LogP contribution in [-0.2, 0) is 0 Å². The number of aromatic nitrogens is 2. The molecule has 2 atom stereocenters. The van der Waals surface area contributed by atoms with Gasteiger partial charge in [-0.05, 0) is 44.5 Å². The lowest BCUT2D eigenvalue weighted by molar-refractivity contribution is 0.258. The van der Waals surface area contributed by atoms with E-state index in [9.17, 15) is 10.5 Å². The van der Waals surface area contributed by atoms with Crippen LogP contribution in [-0.4, -0.2) is 53.5 Å². The molecule has 1 N–H and O–H groups in total. The highest BCUT2D eigenvalue weighted by Gasteiger charge is 2.34. The first-order valence-corrected chi connectivity index (χ1v) is 10.6. The molecule has 1 fully saturated rings. The Kier molecular flexibility index (Phi) is 5.57. The zero-order chi connectivity index (χ0) is 21.3. The predicted octanol–water partition coefficient (Wildman–Crippen LogP) is 3.59. The summed E-state index contributed by atoms with van der Waals surface area (Å²) in [5, 5.41) is 28.4. The second-order valence-electron chi connectivity index (χ2n) is 8.13. The highest BCUT2D eigenvalue weighted by Crippen LogP contribution is 2.39. The molecule has 30 heavy (non-hydrogen) atoms. The van der Waals surface area contributed by atoms with Crippen LogP contribution in [0.25, 0.3) is 10.9 Å². The molecule has 2 aromatic rings. The van der Waals surface area contributed by atoms with Crippen molar-refractivity contribution in [2.24, 2.45) is 10.9 Å². The highest BCUT2D eigenvalue weighted by atomic mass is 15.3. The molecular formula is C23H27N7. The number of aromatic amines is 1. The summed E-state index contributed by atoms with van der Waals surface area (Å²) in [6.07, 6.45) is 1.17. The molecule has 2 unspecified atom stereocenters. The Morgan fingerprint density at radius 2 is 1.93 bits per heavy atom. The largest absolute Gasteiger partial charge is 0.352 e. The zero-order valence-corrected chi connectivity index (χ0v) is 17.8. The number of allylic oxidation sites excluding steroid dienone is 2. The molecule has 3 heterocycles. The maximum Gasteiger partial charge on any atom is 0.158 e. The van der Waals surface area contributed by atoms with E-state index >= 15 is 0 Å². The first-order valence-electron chi connectivity index (χ1n) is 10.6. The van der Waals surface area contributed by atoms with Crippen molar-refractivity contribution < 1.29 is 0 Å². The van der Waals surface area contributed by atoms with Crippen molar-refractivity contribution in [2.45, 2.75) is 33.1 Å². The third kappa shape index (κ3) is 3.46. The molecule has 7 nitrogen and oxygen atoms in total. The first kappa shape index (κ1) is 20.1. The standard InChI is InChI=1S/C23H27N7/c1-4-7-29-8-10-30(11-9-29)23-18-12-17(5-6-21(18)27-28-23)22-19(13-24)15(2)26-16(3)20(22)14-25/h5-6,12,19,22H,4,7-11H2,1-3H3,(H,27,28). The van der Waals surface area contributed by atoms with Crippen LogP contribution in [0.4, 0.5) is 5.82 Å². The molecule has 7 heteroatoms. The summed E-state index contributed by atoms with van der Waals surface area (Å²) in [5.41, 5.74) is 3.97. The van der Waals surface area contributed by atoms with Gasteiger partial charge in [-0.15, -0.1) is 0 Å². The van der Waals surface area contributed by atoms with Gasteiger partial charge in [0, 0.05) is 43.2 Å². The summed E-state index contributed by atoms with van der Waals surface area (Å²) in [6.45, 7) is 11.0. The van der Waals surface area contributed by atoms with Crippen LogP contribution in [0.15, 0.2) is 34.5 Å². The van der Waals surface area contributed by atoms with Gasteiger partial charge < -0.3 is 4.90 Å². The number of nitrogens with one attached hydrogen (secondary N) is 1. The van der Waals surface area contributed by atoms with Crippen molar-refractivity contribution in [1.29, 1.82) is 10.5 Å². The van der Waals surface area contributed by atoms with Gasteiger partial charge in [-0.1, -0.05) is 13.0 Å². The molecule has 0 radical (unpaired) electrons. The molecular weight excluding hydrogens is 374 g/mol. The van der Waals surface area contributed by atoms with E-state index in [1.807, 2.05) is 26.0 Å². The van der Waals surface area contributed by atoms with Crippen molar-refractivity contribution >= 4 is 22.4 Å². The fourth-order valence-electron chi connectivity index (χ4n) is 4.66. The van der Waals surface area contributed by atoms with E-state index in [-0.39, 0.29) is 5.92 Å². The van der Waals surface area contributed by atoms with Crippen molar-refractivity contribution in [3.8, 4) is 12.1 Å². The van der Waals surface area contributed by atoms with Gasteiger partial charge in [0.25, 0.3) is 0 Å². The maximum absolute atomic E-state index is 9.80. The number of H-pyrrole nitrogens is 1. The van der Waals surface area contributed by atoms with Gasteiger partial charge >= 0.3 is 0 Å². The van der Waals surface area contributed by atoms with Crippen LogP contribution >= 0.6 is 0 Å². The number of nitrogens with zero attached hydrogens (tertiary/aromatic N) is 6. The number of piperazine rings is 1. The second-order valence-corrected chi connectivity index (χ2v) is 8.13. The number of fused-ring (bicyclic) bond motifs is 1. The van der Waals surface area contributed by atoms with E-state index < -0.39 is 5.92 Å². The lowest BCUT2D eigenvalue weighted by atomic mass is 9.76. The average molecular weight is 402 g/mol. The normalized spacial score (nSPS) is 22.7. The molecule has 154 valence electrons. The Balaban J connectivity index is 1.71. The smallest absolute Gasteiger partial charge is 0.158 e. The molecule has 0 amide bonds. The number of rotatable bonds is 4. The van der Waals surface area contributed by atoms with Crippen LogP contribution in [0.3, 0.4) is 0 Å². The Bertz CT molecular complexity index is 1090. The number of nitriles is 2. The first-order chi connectivity index (χ1) is 14.6. The van der Waals surface area contributed by atoms with Crippen molar-refractivity contribution in [3.05, 3.63) is 35.0 Å². The van der Waals surface area contributed by atoms with E-state index in [0.717, 1.165) is 60.7 Å². The van der Waals surface area contributed by atoms with Crippen LogP contribution in [0.5, 0.6) is 0 Å². The summed E-state index contributed by atoms with van der Waals surface area (Å²) in [4.78, 5) is 9.27. The van der Waals surface area contributed by atoms with Gasteiger partial charge in [-0.3, -0.25) is 15.0 Å². The highest BCUT2D eigenvalue weighted by molar-refractivity contribution is 5.93. The molecule has 1 aromatic heterocycles.